The monoisotopic (exact) mass is 641 g/mol. The minimum Gasteiger partial charge on any atom is -0.479 e. The minimum absolute atomic E-state index is 0.146. The first-order chi connectivity index (χ1) is 22.6. The molecule has 12 nitrogen and oxygen atoms in total. The number of amides is 2. The molecule has 0 saturated carbocycles. The molecule has 0 spiro atoms. The molecule has 1 atom stereocenters. The van der Waals surface area contributed by atoms with Crippen LogP contribution >= 0.6 is 0 Å². The summed E-state index contributed by atoms with van der Waals surface area (Å²) in [5.41, 5.74) is 10.8. The van der Waals surface area contributed by atoms with Gasteiger partial charge in [-0.2, -0.15) is 0 Å². The first-order valence-corrected chi connectivity index (χ1v) is 14.7. The Morgan fingerprint density at radius 1 is 0.936 bits per heavy atom. The molecule has 0 aliphatic rings. The SMILES string of the molecule is CNCc1cccc(NC(=O)OCCc2ccc(C(C(=O)O)N(N)c3cccc(C(N)=O)c3)cc2C)c1.O=COCc1ccccc1. The molecule has 1 unspecified atom stereocenters. The second-order valence-electron chi connectivity index (χ2n) is 10.4. The third-order valence-electron chi connectivity index (χ3n) is 6.94. The molecule has 0 aromatic heterocycles. The van der Waals surface area contributed by atoms with Crippen molar-refractivity contribution in [2.45, 2.75) is 32.5 Å². The summed E-state index contributed by atoms with van der Waals surface area (Å²) in [7, 11) is 1.85. The van der Waals surface area contributed by atoms with Gasteiger partial charge in [0, 0.05) is 24.2 Å². The fraction of sp³-hybridized carbons (Fsp3) is 0.200. The highest BCUT2D eigenvalue weighted by Gasteiger charge is 2.27. The van der Waals surface area contributed by atoms with E-state index in [1.807, 2.05) is 62.5 Å². The average molecular weight is 642 g/mol. The van der Waals surface area contributed by atoms with Gasteiger partial charge in [0.25, 0.3) is 6.47 Å². The van der Waals surface area contributed by atoms with E-state index in [2.05, 4.69) is 15.4 Å². The number of rotatable bonds is 14. The molecule has 4 aromatic rings. The van der Waals surface area contributed by atoms with E-state index >= 15 is 0 Å². The highest BCUT2D eigenvalue weighted by Crippen LogP contribution is 2.27. The number of aryl methyl sites for hydroxylation is 1. The Morgan fingerprint density at radius 2 is 1.66 bits per heavy atom. The van der Waals surface area contributed by atoms with Crippen LogP contribution in [0.5, 0.6) is 0 Å². The van der Waals surface area contributed by atoms with Crippen molar-refractivity contribution in [1.82, 2.24) is 5.32 Å². The Hall–Kier alpha value is -5.72. The van der Waals surface area contributed by atoms with Crippen molar-refractivity contribution in [1.29, 1.82) is 0 Å². The zero-order valence-electron chi connectivity index (χ0n) is 26.2. The molecule has 2 amide bonds. The number of aliphatic carboxylic acids is 1. The van der Waals surface area contributed by atoms with E-state index in [1.165, 1.54) is 12.1 Å². The van der Waals surface area contributed by atoms with Crippen LogP contribution in [-0.4, -0.2) is 43.2 Å². The number of hydrogen-bond donors (Lipinski definition) is 5. The predicted octanol–water partition coefficient (Wildman–Crippen LogP) is 4.47. The Kier molecular flexibility index (Phi) is 13.9. The lowest BCUT2D eigenvalue weighted by Gasteiger charge is -2.27. The molecule has 0 aliphatic heterocycles. The van der Waals surface area contributed by atoms with Crippen molar-refractivity contribution in [2.75, 3.05) is 24.0 Å². The molecule has 7 N–H and O–H groups in total. The fourth-order valence-electron chi connectivity index (χ4n) is 4.64. The summed E-state index contributed by atoms with van der Waals surface area (Å²) < 4.78 is 9.86. The highest BCUT2D eigenvalue weighted by atomic mass is 16.5. The third-order valence-corrected chi connectivity index (χ3v) is 6.94. The first kappa shape index (κ1) is 35.8. The van der Waals surface area contributed by atoms with Crippen LogP contribution in [0.15, 0.2) is 97.1 Å². The molecular weight excluding hydrogens is 602 g/mol. The standard InChI is InChI=1S/C27H31N5O5.C8H8O2/c1-17-13-20(24(26(34)35)32(29)23-8-4-6-21(15-23)25(28)33)10-9-19(17)11-12-37-27(36)31-22-7-3-5-18(14-22)16-30-2;9-7-10-6-8-4-2-1-3-5-8/h3-10,13-15,24,30H,11-12,16,29H2,1-2H3,(H2,28,33)(H,31,36)(H,34,35);1-5,7H,6H2. The smallest absolute Gasteiger partial charge is 0.411 e. The lowest BCUT2D eigenvalue weighted by atomic mass is 9.98. The number of carboxylic acids is 1. The molecule has 12 heteroatoms. The number of hydrazine groups is 1. The predicted molar refractivity (Wildman–Crippen MR) is 178 cm³/mol. The number of nitrogens with two attached hydrogens (primary N) is 2. The van der Waals surface area contributed by atoms with Gasteiger partial charge in [0.1, 0.15) is 6.61 Å². The zero-order valence-corrected chi connectivity index (χ0v) is 26.2. The van der Waals surface area contributed by atoms with Gasteiger partial charge in [0.15, 0.2) is 6.04 Å². The molecule has 246 valence electrons. The van der Waals surface area contributed by atoms with E-state index < -0.39 is 24.0 Å². The van der Waals surface area contributed by atoms with Gasteiger partial charge in [-0.15, -0.1) is 0 Å². The number of benzene rings is 4. The summed E-state index contributed by atoms with van der Waals surface area (Å²) in [4.78, 5) is 45.5. The van der Waals surface area contributed by atoms with Crippen LogP contribution < -0.4 is 27.2 Å². The largest absolute Gasteiger partial charge is 0.479 e. The normalized spacial score (nSPS) is 10.9. The van der Waals surface area contributed by atoms with Crippen molar-refractivity contribution in [3.05, 3.63) is 130 Å². The fourth-order valence-corrected chi connectivity index (χ4v) is 4.64. The van der Waals surface area contributed by atoms with Gasteiger partial charge in [0.2, 0.25) is 5.91 Å². The number of nitrogens with zero attached hydrogens (tertiary/aromatic N) is 1. The molecule has 0 saturated heterocycles. The van der Waals surface area contributed by atoms with Crippen LogP contribution in [0.2, 0.25) is 0 Å². The third kappa shape index (κ3) is 11.3. The number of ether oxygens (including phenoxy) is 2. The number of carbonyl (C=O) groups excluding carboxylic acids is 3. The number of anilines is 2. The number of nitrogens with one attached hydrogen (secondary N) is 2. The molecule has 0 aliphatic carbocycles. The average Bonchev–Trinajstić information content (AvgIpc) is 3.06. The van der Waals surface area contributed by atoms with Crippen LogP contribution in [0.1, 0.15) is 44.2 Å². The van der Waals surface area contributed by atoms with Crippen LogP contribution in [0, 0.1) is 6.92 Å². The molecule has 0 bridgehead atoms. The summed E-state index contributed by atoms with van der Waals surface area (Å²) in [5, 5.41) is 16.7. The second-order valence-corrected chi connectivity index (χ2v) is 10.4. The molecule has 4 aromatic carbocycles. The van der Waals surface area contributed by atoms with Crippen molar-refractivity contribution in [2.24, 2.45) is 11.6 Å². The van der Waals surface area contributed by atoms with Crippen LogP contribution in [0.25, 0.3) is 0 Å². The maximum absolute atomic E-state index is 12.2. The Morgan fingerprint density at radius 3 is 2.32 bits per heavy atom. The zero-order chi connectivity index (χ0) is 34.2. The molecule has 0 fully saturated rings. The number of carbonyl (C=O) groups is 4. The summed E-state index contributed by atoms with van der Waals surface area (Å²) in [5.74, 6) is 4.37. The topological polar surface area (TPSA) is 186 Å². The summed E-state index contributed by atoms with van der Waals surface area (Å²) in [6.07, 6.45) is -0.108. The van der Waals surface area contributed by atoms with Gasteiger partial charge in [-0.05, 0) is 72.1 Å². The Balaban J connectivity index is 0.000000511. The van der Waals surface area contributed by atoms with E-state index in [-0.39, 0.29) is 12.2 Å². The number of hydrogen-bond acceptors (Lipinski definition) is 9. The van der Waals surface area contributed by atoms with Crippen molar-refractivity contribution in [3.63, 3.8) is 0 Å². The van der Waals surface area contributed by atoms with Crippen molar-refractivity contribution >= 4 is 35.8 Å². The molecular formula is C35H39N5O7. The molecule has 47 heavy (non-hydrogen) atoms. The van der Waals surface area contributed by atoms with Gasteiger partial charge >= 0.3 is 12.1 Å². The highest BCUT2D eigenvalue weighted by molar-refractivity contribution is 5.94. The summed E-state index contributed by atoms with van der Waals surface area (Å²) in [6, 6.07) is 27.2. The van der Waals surface area contributed by atoms with Crippen molar-refractivity contribution in [3.8, 4) is 0 Å². The number of carboxylic acid groups (broad SMARTS) is 1. The minimum atomic E-state index is -1.20. The maximum Gasteiger partial charge on any atom is 0.411 e. The number of primary amides is 1. The second kappa shape index (κ2) is 18.3. The lowest BCUT2D eigenvalue weighted by Crippen LogP contribution is -2.40. The van der Waals surface area contributed by atoms with Gasteiger partial charge in [-0.3, -0.25) is 19.9 Å². The molecule has 0 heterocycles. The van der Waals surface area contributed by atoms with Crippen LogP contribution in [0.4, 0.5) is 16.2 Å². The van der Waals surface area contributed by atoms with E-state index in [0.29, 0.717) is 43.0 Å². The summed E-state index contributed by atoms with van der Waals surface area (Å²) in [6.45, 7) is 3.49. The lowest BCUT2D eigenvalue weighted by molar-refractivity contribution is -0.138. The van der Waals surface area contributed by atoms with Crippen LogP contribution in [-0.2, 0) is 38.6 Å². The van der Waals surface area contributed by atoms with E-state index in [1.54, 1.807) is 36.4 Å². The van der Waals surface area contributed by atoms with Gasteiger partial charge < -0.3 is 25.6 Å². The van der Waals surface area contributed by atoms with Gasteiger partial charge in [0.05, 0.1) is 12.3 Å². The Labute approximate surface area is 273 Å². The van der Waals surface area contributed by atoms with Gasteiger partial charge in [-0.25, -0.2) is 15.4 Å². The molecule has 0 radical (unpaired) electrons. The quantitative estimate of drug-likeness (QED) is 0.0747. The molecule has 4 rings (SSSR count). The van der Waals surface area contributed by atoms with Crippen molar-refractivity contribution < 1.29 is 33.8 Å². The van der Waals surface area contributed by atoms with Gasteiger partial charge in [-0.1, -0.05) is 66.7 Å². The van der Waals surface area contributed by atoms with E-state index in [0.717, 1.165) is 27.3 Å². The summed E-state index contributed by atoms with van der Waals surface area (Å²) >= 11 is 0. The van der Waals surface area contributed by atoms with E-state index in [9.17, 15) is 24.3 Å². The first-order valence-electron chi connectivity index (χ1n) is 14.7. The van der Waals surface area contributed by atoms with Crippen LogP contribution in [0.3, 0.4) is 0 Å². The maximum atomic E-state index is 12.2. The van der Waals surface area contributed by atoms with E-state index in [4.69, 9.17) is 16.3 Å². The Bertz CT molecular complexity index is 1650.